The number of rotatable bonds is 7. The molecular weight excluding hydrogens is 384 g/mol. The van der Waals surface area contributed by atoms with Crippen molar-refractivity contribution >= 4 is 11.6 Å². The summed E-state index contributed by atoms with van der Waals surface area (Å²) in [6.07, 6.45) is 7.88. The number of likely N-dealkylation sites (tertiary alicyclic amines) is 1. The molecule has 0 bridgehead atoms. The molecule has 4 nitrogen and oxygen atoms in total. The van der Waals surface area contributed by atoms with Crippen LogP contribution in [0.2, 0.25) is 0 Å². The first-order valence-corrected chi connectivity index (χ1v) is 12.0. The summed E-state index contributed by atoms with van der Waals surface area (Å²) in [4.78, 5) is 15.9. The molecule has 2 fully saturated rings. The maximum absolute atomic E-state index is 13.4. The normalized spacial score (nSPS) is 21.4. The molecule has 1 aliphatic carbocycles. The van der Waals surface area contributed by atoms with Gasteiger partial charge >= 0.3 is 0 Å². The van der Waals surface area contributed by atoms with Gasteiger partial charge < -0.3 is 10.1 Å². The second-order valence-electron chi connectivity index (χ2n) is 9.38. The average molecular weight is 421 g/mol. The van der Waals surface area contributed by atoms with E-state index in [1.165, 1.54) is 32.4 Å². The third-order valence-corrected chi connectivity index (χ3v) is 7.00. The van der Waals surface area contributed by atoms with E-state index in [1.54, 1.807) is 0 Å². The smallest absolute Gasteiger partial charge is 0.235 e. The van der Waals surface area contributed by atoms with Crippen LogP contribution in [0.15, 0.2) is 54.6 Å². The van der Waals surface area contributed by atoms with Gasteiger partial charge in [-0.05, 0) is 68.0 Å². The first-order chi connectivity index (χ1) is 15.2. The number of amides is 1. The van der Waals surface area contributed by atoms with E-state index < -0.39 is 5.41 Å². The molecule has 1 saturated carbocycles. The quantitative estimate of drug-likeness (QED) is 0.630. The Balaban J connectivity index is 1.34. The number of nitrogens with zero attached hydrogens (tertiary/aromatic N) is 1. The van der Waals surface area contributed by atoms with Crippen molar-refractivity contribution in [2.24, 2.45) is 5.92 Å². The lowest BCUT2D eigenvalue weighted by Crippen LogP contribution is -2.42. The minimum Gasteiger partial charge on any atom is -0.492 e. The number of piperidine rings is 1. The Morgan fingerprint density at radius 3 is 2.48 bits per heavy atom. The van der Waals surface area contributed by atoms with Gasteiger partial charge in [-0.2, -0.15) is 0 Å². The topological polar surface area (TPSA) is 41.6 Å². The Morgan fingerprint density at radius 2 is 1.77 bits per heavy atom. The third-order valence-electron chi connectivity index (χ3n) is 7.00. The molecule has 4 heteroatoms. The summed E-state index contributed by atoms with van der Waals surface area (Å²) >= 11 is 0. The number of hydrogen-bond donors (Lipinski definition) is 1. The van der Waals surface area contributed by atoms with E-state index >= 15 is 0 Å². The second kappa shape index (κ2) is 10.3. The molecule has 1 atom stereocenters. The number of nitrogens with one attached hydrogen (secondary N) is 1. The van der Waals surface area contributed by atoms with Crippen LogP contribution in [0, 0.1) is 5.92 Å². The minimum absolute atomic E-state index is 0.117. The molecule has 2 aromatic carbocycles. The van der Waals surface area contributed by atoms with Gasteiger partial charge in [-0.25, -0.2) is 0 Å². The Labute approximate surface area is 187 Å². The highest BCUT2D eigenvalue weighted by atomic mass is 16.5. The predicted molar refractivity (Wildman–Crippen MR) is 127 cm³/mol. The predicted octanol–water partition coefficient (Wildman–Crippen LogP) is 5.64. The molecule has 1 N–H and O–H groups in total. The summed E-state index contributed by atoms with van der Waals surface area (Å²) in [6.45, 7) is 6.37. The fourth-order valence-electron chi connectivity index (χ4n) is 5.23. The SMILES string of the molecule is CC1CCCN(CCOc2ccc(NC(=O)C3(c4ccccc4)CCCCC3)cc2)C1. The van der Waals surface area contributed by atoms with Crippen molar-refractivity contribution in [3.05, 3.63) is 60.2 Å². The average Bonchev–Trinajstić information content (AvgIpc) is 2.81. The summed E-state index contributed by atoms with van der Waals surface area (Å²) < 4.78 is 5.96. The minimum atomic E-state index is -0.416. The number of ether oxygens (including phenoxy) is 1. The molecule has 2 aromatic rings. The fourth-order valence-corrected chi connectivity index (χ4v) is 5.23. The lowest BCUT2D eigenvalue weighted by atomic mass is 9.68. The summed E-state index contributed by atoms with van der Waals surface area (Å²) in [5, 5.41) is 3.19. The zero-order chi connectivity index (χ0) is 21.5. The molecule has 2 aliphatic rings. The van der Waals surface area contributed by atoms with Crippen molar-refractivity contribution in [1.82, 2.24) is 4.90 Å². The molecular formula is C27H36N2O2. The molecule has 0 spiro atoms. The van der Waals surface area contributed by atoms with Gasteiger partial charge in [0.05, 0.1) is 5.41 Å². The maximum Gasteiger partial charge on any atom is 0.235 e. The maximum atomic E-state index is 13.4. The van der Waals surface area contributed by atoms with Crippen LogP contribution in [-0.4, -0.2) is 37.0 Å². The number of carbonyl (C=O) groups excluding carboxylic acids is 1. The molecule has 1 unspecified atom stereocenters. The van der Waals surface area contributed by atoms with Crippen LogP contribution in [0.1, 0.15) is 57.4 Å². The first kappa shape index (κ1) is 21.9. The van der Waals surface area contributed by atoms with Crippen LogP contribution in [-0.2, 0) is 10.2 Å². The monoisotopic (exact) mass is 420 g/mol. The van der Waals surface area contributed by atoms with Gasteiger partial charge in [0.15, 0.2) is 0 Å². The first-order valence-electron chi connectivity index (χ1n) is 12.0. The number of hydrogen-bond acceptors (Lipinski definition) is 3. The lowest BCUT2D eigenvalue weighted by molar-refractivity contribution is -0.122. The van der Waals surface area contributed by atoms with Gasteiger partial charge in [0.25, 0.3) is 0 Å². The van der Waals surface area contributed by atoms with Gasteiger partial charge in [0.1, 0.15) is 12.4 Å². The summed E-state index contributed by atoms with van der Waals surface area (Å²) in [7, 11) is 0. The van der Waals surface area contributed by atoms with E-state index in [4.69, 9.17) is 4.74 Å². The zero-order valence-corrected chi connectivity index (χ0v) is 18.8. The van der Waals surface area contributed by atoms with Gasteiger partial charge in [0, 0.05) is 18.8 Å². The molecule has 1 aliphatic heterocycles. The van der Waals surface area contributed by atoms with Gasteiger partial charge in [-0.1, -0.05) is 56.5 Å². The summed E-state index contributed by atoms with van der Waals surface area (Å²) in [6, 6.07) is 18.1. The molecule has 1 heterocycles. The number of carbonyl (C=O) groups is 1. The van der Waals surface area contributed by atoms with Gasteiger partial charge in [0.2, 0.25) is 5.91 Å². The highest BCUT2D eigenvalue weighted by Gasteiger charge is 2.40. The van der Waals surface area contributed by atoms with E-state index in [9.17, 15) is 4.79 Å². The Morgan fingerprint density at radius 1 is 1.03 bits per heavy atom. The van der Waals surface area contributed by atoms with Crippen molar-refractivity contribution in [3.63, 3.8) is 0 Å². The summed E-state index contributed by atoms with van der Waals surface area (Å²) in [5.41, 5.74) is 1.56. The summed E-state index contributed by atoms with van der Waals surface area (Å²) in [5.74, 6) is 1.77. The van der Waals surface area contributed by atoms with E-state index in [2.05, 4.69) is 29.3 Å². The Bertz CT molecular complexity index is 828. The van der Waals surface area contributed by atoms with Gasteiger partial charge in [-0.15, -0.1) is 0 Å². The van der Waals surface area contributed by atoms with Crippen LogP contribution < -0.4 is 10.1 Å². The van der Waals surface area contributed by atoms with Crippen molar-refractivity contribution in [1.29, 1.82) is 0 Å². The van der Waals surface area contributed by atoms with Crippen molar-refractivity contribution < 1.29 is 9.53 Å². The third kappa shape index (κ3) is 5.48. The second-order valence-corrected chi connectivity index (χ2v) is 9.38. The van der Waals surface area contributed by atoms with E-state index in [0.717, 1.165) is 55.1 Å². The number of anilines is 1. The van der Waals surface area contributed by atoms with Crippen LogP contribution in [0.5, 0.6) is 5.75 Å². The van der Waals surface area contributed by atoms with Gasteiger partial charge in [-0.3, -0.25) is 9.69 Å². The highest BCUT2D eigenvalue weighted by Crippen LogP contribution is 2.40. The van der Waals surface area contributed by atoms with E-state index in [0.29, 0.717) is 6.61 Å². The Kier molecular flexibility index (Phi) is 7.29. The number of benzene rings is 2. The van der Waals surface area contributed by atoms with E-state index in [1.807, 2.05) is 42.5 Å². The molecule has 166 valence electrons. The molecule has 31 heavy (non-hydrogen) atoms. The van der Waals surface area contributed by atoms with Crippen molar-refractivity contribution in [2.75, 3.05) is 31.6 Å². The van der Waals surface area contributed by atoms with Crippen LogP contribution >= 0.6 is 0 Å². The molecule has 0 radical (unpaired) electrons. The van der Waals surface area contributed by atoms with Crippen LogP contribution in [0.4, 0.5) is 5.69 Å². The molecule has 4 rings (SSSR count). The van der Waals surface area contributed by atoms with Crippen molar-refractivity contribution in [2.45, 2.75) is 57.3 Å². The standard InChI is InChI=1S/C27H36N2O2/c1-22-9-8-18-29(21-22)19-20-31-25-14-12-24(13-15-25)28-26(30)27(16-6-3-7-17-27)23-10-4-2-5-11-23/h2,4-5,10-15,22H,3,6-9,16-21H2,1H3,(H,28,30). The van der Waals surface area contributed by atoms with Crippen LogP contribution in [0.3, 0.4) is 0 Å². The highest BCUT2D eigenvalue weighted by molar-refractivity contribution is 5.99. The van der Waals surface area contributed by atoms with E-state index in [-0.39, 0.29) is 5.91 Å². The lowest BCUT2D eigenvalue weighted by Gasteiger charge is -2.36. The molecule has 1 saturated heterocycles. The van der Waals surface area contributed by atoms with Crippen LogP contribution in [0.25, 0.3) is 0 Å². The zero-order valence-electron chi connectivity index (χ0n) is 18.8. The Hall–Kier alpha value is -2.33. The van der Waals surface area contributed by atoms with Crippen molar-refractivity contribution in [3.8, 4) is 5.75 Å². The largest absolute Gasteiger partial charge is 0.492 e. The molecule has 0 aromatic heterocycles. The fraction of sp³-hybridized carbons (Fsp3) is 0.519. The molecule has 1 amide bonds.